The number of rotatable bonds is 5. The molecule has 0 aliphatic heterocycles. The van der Waals surface area contributed by atoms with Gasteiger partial charge in [0.2, 0.25) is 0 Å². The minimum atomic E-state index is -0.333. The second kappa shape index (κ2) is 7.56. The molecular formula is C19H18Cl2N2O3. The summed E-state index contributed by atoms with van der Waals surface area (Å²) in [6.07, 6.45) is 1.69. The molecule has 0 aliphatic carbocycles. The lowest BCUT2D eigenvalue weighted by Gasteiger charge is -2.12. The van der Waals surface area contributed by atoms with E-state index in [1.54, 1.807) is 24.4 Å². The molecule has 3 aromatic rings. The number of hydrogen-bond acceptors (Lipinski definition) is 4. The number of fused-ring (bicyclic) bond motifs is 1. The van der Waals surface area contributed by atoms with Crippen LogP contribution in [0.2, 0.25) is 10.0 Å². The predicted molar refractivity (Wildman–Crippen MR) is 102 cm³/mol. The summed E-state index contributed by atoms with van der Waals surface area (Å²) in [5.74, 6) is 0.293. The molecule has 0 amide bonds. The number of pyridine rings is 1. The molecule has 2 aromatic heterocycles. The first-order valence-electron chi connectivity index (χ1n) is 8.00. The van der Waals surface area contributed by atoms with E-state index in [9.17, 15) is 4.79 Å². The highest BCUT2D eigenvalue weighted by Crippen LogP contribution is 2.32. The second-order valence-electron chi connectivity index (χ2n) is 5.90. The summed E-state index contributed by atoms with van der Waals surface area (Å²) in [5, 5.41) is 1.11. The smallest absolute Gasteiger partial charge is 0.325 e. The Morgan fingerprint density at radius 2 is 2.00 bits per heavy atom. The normalized spacial score (nSPS) is 11.0. The number of carbonyl (C=O) groups excluding carboxylic acids is 1. The Kier molecular flexibility index (Phi) is 5.39. The maximum Gasteiger partial charge on any atom is 0.325 e. The fourth-order valence-electron chi connectivity index (χ4n) is 2.82. The quantitative estimate of drug-likeness (QED) is 0.589. The first-order valence-corrected chi connectivity index (χ1v) is 8.76. The molecule has 3 rings (SSSR count). The molecule has 5 nitrogen and oxygen atoms in total. The number of esters is 1. The zero-order chi connectivity index (χ0) is 18.8. The monoisotopic (exact) mass is 392 g/mol. The lowest BCUT2D eigenvalue weighted by molar-refractivity contribution is -0.141. The molecule has 7 heteroatoms. The van der Waals surface area contributed by atoms with Crippen molar-refractivity contribution in [1.29, 1.82) is 0 Å². The Bertz CT molecular complexity index is 983. The van der Waals surface area contributed by atoms with Gasteiger partial charge in [0.05, 0.1) is 12.6 Å². The average molecular weight is 393 g/mol. The highest BCUT2D eigenvalue weighted by Gasteiger charge is 2.18. The molecular weight excluding hydrogens is 375 g/mol. The molecule has 1 aromatic carbocycles. The molecule has 0 radical (unpaired) electrons. The average Bonchev–Trinajstić information content (AvgIpc) is 2.86. The summed E-state index contributed by atoms with van der Waals surface area (Å²) >= 11 is 12.2. The van der Waals surface area contributed by atoms with Crippen molar-refractivity contribution in [1.82, 2.24) is 9.55 Å². The molecule has 26 heavy (non-hydrogen) atoms. The van der Waals surface area contributed by atoms with Crippen molar-refractivity contribution in [3.05, 3.63) is 57.3 Å². The molecule has 0 spiro atoms. The summed E-state index contributed by atoms with van der Waals surface area (Å²) in [5.41, 5.74) is 4.32. The van der Waals surface area contributed by atoms with Crippen molar-refractivity contribution in [2.24, 2.45) is 0 Å². The maximum atomic E-state index is 11.8. The zero-order valence-corrected chi connectivity index (χ0v) is 16.2. The number of hydrogen-bond donors (Lipinski definition) is 0. The van der Waals surface area contributed by atoms with Gasteiger partial charge in [-0.15, -0.1) is 0 Å². The summed E-state index contributed by atoms with van der Waals surface area (Å²) in [7, 11) is 1.37. The van der Waals surface area contributed by atoms with E-state index >= 15 is 0 Å². The number of methoxy groups -OCH3 is 1. The van der Waals surface area contributed by atoms with E-state index in [4.69, 9.17) is 32.7 Å². The van der Waals surface area contributed by atoms with Gasteiger partial charge >= 0.3 is 5.97 Å². The fourth-order valence-corrected chi connectivity index (χ4v) is 3.28. The molecule has 0 N–H and O–H groups in total. The van der Waals surface area contributed by atoms with Gasteiger partial charge in [-0.3, -0.25) is 9.78 Å². The zero-order valence-electron chi connectivity index (χ0n) is 14.7. The highest BCUT2D eigenvalue weighted by molar-refractivity contribution is 6.35. The van der Waals surface area contributed by atoms with Crippen LogP contribution < -0.4 is 4.74 Å². The fraction of sp³-hybridized carbons (Fsp3) is 0.263. The third kappa shape index (κ3) is 3.50. The van der Waals surface area contributed by atoms with Gasteiger partial charge in [-0.2, -0.15) is 0 Å². The van der Waals surface area contributed by atoms with E-state index in [-0.39, 0.29) is 19.1 Å². The molecule has 0 unspecified atom stereocenters. The van der Waals surface area contributed by atoms with E-state index in [0.29, 0.717) is 15.8 Å². The number of aromatic nitrogens is 2. The Balaban J connectivity index is 2.00. The largest absolute Gasteiger partial charge is 0.487 e. The summed E-state index contributed by atoms with van der Waals surface area (Å²) in [6, 6.07) is 7.05. The van der Waals surface area contributed by atoms with Crippen LogP contribution in [0.15, 0.2) is 30.5 Å². The van der Waals surface area contributed by atoms with Crippen LogP contribution in [0.3, 0.4) is 0 Å². The third-order valence-electron chi connectivity index (χ3n) is 4.37. The van der Waals surface area contributed by atoms with Gasteiger partial charge in [0.1, 0.15) is 24.4 Å². The van der Waals surface area contributed by atoms with Crippen LogP contribution in [0, 0.1) is 13.8 Å². The Hall–Kier alpha value is -2.24. The molecule has 0 fully saturated rings. The number of carbonyl (C=O) groups is 1. The molecule has 0 bridgehead atoms. The Morgan fingerprint density at radius 3 is 2.69 bits per heavy atom. The van der Waals surface area contributed by atoms with Gasteiger partial charge in [0.25, 0.3) is 0 Å². The Labute approximate surface area is 161 Å². The van der Waals surface area contributed by atoms with Gasteiger partial charge in [-0.25, -0.2) is 0 Å². The highest BCUT2D eigenvalue weighted by atomic mass is 35.5. The van der Waals surface area contributed by atoms with Gasteiger partial charge in [0, 0.05) is 33.6 Å². The van der Waals surface area contributed by atoms with Crippen LogP contribution in [0.5, 0.6) is 5.75 Å². The van der Waals surface area contributed by atoms with Crippen LogP contribution in [-0.4, -0.2) is 22.6 Å². The number of nitrogens with zero attached hydrogens (tertiary/aromatic N) is 2. The molecule has 0 saturated carbocycles. The SMILES string of the molecule is COC(=O)Cn1c(C)c(C)c2nccc(OCc3ccc(Cl)cc3Cl)c21. The maximum absolute atomic E-state index is 11.8. The first kappa shape index (κ1) is 18.5. The number of ether oxygens (including phenoxy) is 2. The summed E-state index contributed by atoms with van der Waals surface area (Å²) in [6.45, 7) is 4.28. The lowest BCUT2D eigenvalue weighted by atomic mass is 10.2. The molecule has 0 saturated heterocycles. The van der Waals surface area contributed by atoms with E-state index < -0.39 is 0 Å². The molecule has 0 atom stereocenters. The predicted octanol–water partition coefficient (Wildman–Crippen LogP) is 4.71. The first-order chi connectivity index (χ1) is 12.4. The number of benzene rings is 1. The minimum Gasteiger partial charge on any atom is -0.487 e. The van der Waals surface area contributed by atoms with Crippen LogP contribution in [-0.2, 0) is 22.7 Å². The van der Waals surface area contributed by atoms with Crippen molar-refractivity contribution in [3.8, 4) is 5.75 Å². The van der Waals surface area contributed by atoms with Crippen molar-refractivity contribution in [3.63, 3.8) is 0 Å². The summed E-state index contributed by atoms with van der Waals surface area (Å²) in [4.78, 5) is 16.3. The summed E-state index contributed by atoms with van der Waals surface area (Å²) < 4.78 is 12.7. The van der Waals surface area contributed by atoms with Gasteiger partial charge in [0.15, 0.2) is 0 Å². The van der Waals surface area contributed by atoms with Crippen LogP contribution >= 0.6 is 23.2 Å². The van der Waals surface area contributed by atoms with Crippen molar-refractivity contribution < 1.29 is 14.3 Å². The third-order valence-corrected chi connectivity index (χ3v) is 4.96. The standard InChI is InChI=1S/C19H18Cl2N2O3/c1-11-12(2)23(9-17(24)25-3)19-16(6-7-22-18(11)19)26-10-13-4-5-14(20)8-15(13)21/h4-8H,9-10H2,1-3H3. The van der Waals surface area contributed by atoms with E-state index in [0.717, 1.165) is 27.9 Å². The van der Waals surface area contributed by atoms with E-state index in [2.05, 4.69) is 4.98 Å². The van der Waals surface area contributed by atoms with Gasteiger partial charge in [-0.05, 0) is 31.5 Å². The van der Waals surface area contributed by atoms with E-state index in [1.165, 1.54) is 7.11 Å². The Morgan fingerprint density at radius 1 is 1.23 bits per heavy atom. The molecule has 2 heterocycles. The lowest BCUT2D eigenvalue weighted by Crippen LogP contribution is -2.13. The molecule has 136 valence electrons. The van der Waals surface area contributed by atoms with Crippen molar-refractivity contribution >= 4 is 40.2 Å². The van der Waals surface area contributed by atoms with Crippen LogP contribution in [0.1, 0.15) is 16.8 Å². The van der Waals surface area contributed by atoms with Crippen molar-refractivity contribution in [2.45, 2.75) is 27.0 Å². The van der Waals surface area contributed by atoms with Crippen LogP contribution in [0.4, 0.5) is 0 Å². The number of aryl methyl sites for hydroxylation is 1. The molecule has 0 aliphatic rings. The van der Waals surface area contributed by atoms with Crippen molar-refractivity contribution in [2.75, 3.05) is 7.11 Å². The van der Waals surface area contributed by atoms with Crippen LogP contribution in [0.25, 0.3) is 11.0 Å². The topological polar surface area (TPSA) is 53.4 Å². The second-order valence-corrected chi connectivity index (χ2v) is 6.75. The minimum absolute atomic E-state index is 0.0937. The van der Waals surface area contributed by atoms with Gasteiger partial charge in [-0.1, -0.05) is 29.3 Å². The van der Waals surface area contributed by atoms with Gasteiger partial charge < -0.3 is 14.0 Å². The number of halogens is 2. The van der Waals surface area contributed by atoms with E-state index in [1.807, 2.05) is 24.5 Å².